The van der Waals surface area contributed by atoms with Gasteiger partial charge in [-0.1, -0.05) is 66.3 Å². The molecule has 0 atom stereocenters. The van der Waals surface area contributed by atoms with Gasteiger partial charge in [0.25, 0.3) is 0 Å². The summed E-state index contributed by atoms with van der Waals surface area (Å²) in [6, 6.07) is 8.27. The molecule has 1 aliphatic rings. The third-order valence-corrected chi connectivity index (χ3v) is 2.77. The van der Waals surface area contributed by atoms with Gasteiger partial charge < -0.3 is 4.90 Å². The lowest BCUT2D eigenvalue weighted by Crippen LogP contribution is -2.35. The average molecular weight is 249 g/mol. The first-order valence-corrected chi connectivity index (χ1v) is 6.34. The van der Waals surface area contributed by atoms with Gasteiger partial charge in [-0.05, 0) is 11.1 Å². The van der Waals surface area contributed by atoms with Crippen molar-refractivity contribution in [2.24, 2.45) is 5.41 Å². The molecule has 0 spiro atoms. The topological polar surface area (TPSA) is 20.3 Å². The van der Waals surface area contributed by atoms with Crippen molar-refractivity contribution in [1.29, 1.82) is 0 Å². The first-order valence-electron chi connectivity index (χ1n) is 6.34. The minimum atomic E-state index is -0.276. The summed E-state index contributed by atoms with van der Waals surface area (Å²) in [6.45, 7) is 11.5. The van der Waals surface area contributed by atoms with Gasteiger partial charge in [0.2, 0.25) is 5.91 Å². The van der Waals surface area contributed by atoms with Crippen molar-refractivity contribution >= 4 is 5.91 Å². The molecule has 1 aromatic carbocycles. The second-order valence-electron chi connectivity index (χ2n) is 5.18. The van der Waals surface area contributed by atoms with Crippen LogP contribution in [0.2, 0.25) is 0 Å². The summed E-state index contributed by atoms with van der Waals surface area (Å²) < 4.78 is 0. The van der Waals surface area contributed by atoms with Crippen LogP contribution in [0.4, 0.5) is 0 Å². The third kappa shape index (κ3) is 3.59. The Balaban J connectivity index is 0.000000917. The van der Waals surface area contributed by atoms with Gasteiger partial charge in [0.05, 0.1) is 0 Å². The molecular formula is C16H27NO. The van der Waals surface area contributed by atoms with E-state index in [9.17, 15) is 4.79 Å². The number of carbonyl (C=O) groups excluding carboxylic acids is 1. The molecule has 18 heavy (non-hydrogen) atoms. The van der Waals surface area contributed by atoms with Crippen LogP contribution in [0.1, 0.15) is 53.2 Å². The van der Waals surface area contributed by atoms with Gasteiger partial charge in [-0.3, -0.25) is 4.79 Å². The molecule has 1 amide bonds. The zero-order valence-electron chi connectivity index (χ0n) is 11.6. The fourth-order valence-corrected chi connectivity index (χ4v) is 1.95. The van der Waals surface area contributed by atoms with Gasteiger partial charge in [-0.25, -0.2) is 0 Å². The van der Waals surface area contributed by atoms with E-state index in [4.69, 9.17) is 0 Å². The Morgan fingerprint density at radius 2 is 1.44 bits per heavy atom. The summed E-state index contributed by atoms with van der Waals surface area (Å²) in [5.74, 6) is 0.235. The standard InChI is InChI=1S/C13H17NO.C2H6.CH4/c1-13(2,3)12(15)14-8-10-6-4-5-7-11(10)9-14;1-2;/h4-7H,8-9H2,1-3H3;1-2H3;1H4. The number of hydrogen-bond donors (Lipinski definition) is 0. The fourth-order valence-electron chi connectivity index (χ4n) is 1.95. The van der Waals surface area contributed by atoms with E-state index in [1.165, 1.54) is 11.1 Å². The SMILES string of the molecule is C.CC.CC(C)(C)C(=O)N1Cc2ccccc2C1. The summed E-state index contributed by atoms with van der Waals surface area (Å²) >= 11 is 0. The van der Waals surface area contributed by atoms with Crippen molar-refractivity contribution in [2.45, 2.75) is 55.1 Å². The Labute approximate surface area is 112 Å². The second kappa shape index (κ2) is 6.58. The molecule has 0 fully saturated rings. The molecule has 1 heterocycles. The number of hydrogen-bond acceptors (Lipinski definition) is 1. The maximum atomic E-state index is 12.1. The maximum absolute atomic E-state index is 12.1. The highest BCUT2D eigenvalue weighted by molar-refractivity contribution is 5.82. The Bertz CT molecular complexity index is 365. The van der Waals surface area contributed by atoms with Crippen LogP contribution < -0.4 is 0 Å². The van der Waals surface area contributed by atoms with Crippen molar-refractivity contribution in [2.75, 3.05) is 0 Å². The predicted molar refractivity (Wildman–Crippen MR) is 78.2 cm³/mol. The third-order valence-electron chi connectivity index (χ3n) is 2.77. The van der Waals surface area contributed by atoms with Crippen molar-refractivity contribution < 1.29 is 4.79 Å². The van der Waals surface area contributed by atoms with E-state index in [1.807, 2.05) is 51.7 Å². The molecule has 0 bridgehead atoms. The van der Waals surface area contributed by atoms with E-state index in [1.54, 1.807) is 0 Å². The van der Waals surface area contributed by atoms with Crippen LogP contribution in [-0.2, 0) is 17.9 Å². The van der Waals surface area contributed by atoms with Crippen LogP contribution in [-0.4, -0.2) is 10.8 Å². The maximum Gasteiger partial charge on any atom is 0.228 e. The van der Waals surface area contributed by atoms with E-state index in [2.05, 4.69) is 12.1 Å². The van der Waals surface area contributed by atoms with Crippen LogP contribution in [0.25, 0.3) is 0 Å². The van der Waals surface area contributed by atoms with Crippen LogP contribution in [0.5, 0.6) is 0 Å². The van der Waals surface area contributed by atoms with Gasteiger partial charge in [-0.15, -0.1) is 0 Å². The number of nitrogens with zero attached hydrogens (tertiary/aromatic N) is 1. The Morgan fingerprint density at radius 1 is 1.06 bits per heavy atom. The van der Waals surface area contributed by atoms with Gasteiger partial charge in [0.15, 0.2) is 0 Å². The van der Waals surface area contributed by atoms with E-state index >= 15 is 0 Å². The van der Waals surface area contributed by atoms with Crippen molar-refractivity contribution in [3.63, 3.8) is 0 Å². The molecule has 2 heteroatoms. The molecule has 0 aliphatic carbocycles. The number of rotatable bonds is 0. The van der Waals surface area contributed by atoms with Crippen LogP contribution in [0.15, 0.2) is 24.3 Å². The minimum Gasteiger partial charge on any atom is -0.334 e. The van der Waals surface area contributed by atoms with Gasteiger partial charge >= 0.3 is 0 Å². The molecule has 0 N–H and O–H groups in total. The Hall–Kier alpha value is -1.31. The molecule has 102 valence electrons. The van der Waals surface area contributed by atoms with Crippen LogP contribution in [0, 0.1) is 5.41 Å². The number of amides is 1. The van der Waals surface area contributed by atoms with Crippen LogP contribution in [0.3, 0.4) is 0 Å². The normalized spacial score (nSPS) is 13.1. The van der Waals surface area contributed by atoms with Gasteiger partial charge in [0.1, 0.15) is 0 Å². The molecular weight excluding hydrogens is 222 g/mol. The summed E-state index contributed by atoms with van der Waals surface area (Å²) in [5.41, 5.74) is 2.30. The zero-order chi connectivity index (χ0) is 13.1. The van der Waals surface area contributed by atoms with Crippen molar-refractivity contribution in [3.05, 3.63) is 35.4 Å². The lowest BCUT2D eigenvalue weighted by atomic mass is 9.95. The largest absolute Gasteiger partial charge is 0.334 e. The van der Waals surface area contributed by atoms with E-state index in [-0.39, 0.29) is 18.7 Å². The molecule has 0 radical (unpaired) electrons. The molecule has 1 aliphatic heterocycles. The lowest BCUT2D eigenvalue weighted by molar-refractivity contribution is -0.140. The zero-order valence-corrected chi connectivity index (χ0v) is 11.6. The average Bonchev–Trinajstić information content (AvgIpc) is 2.72. The minimum absolute atomic E-state index is 0. The van der Waals surface area contributed by atoms with Gasteiger partial charge in [0, 0.05) is 18.5 Å². The molecule has 0 saturated carbocycles. The quantitative estimate of drug-likeness (QED) is 0.673. The molecule has 2 nitrogen and oxygen atoms in total. The van der Waals surface area contributed by atoms with E-state index in [0.717, 1.165) is 13.1 Å². The number of benzene rings is 1. The summed E-state index contributed by atoms with van der Waals surface area (Å²) in [7, 11) is 0. The summed E-state index contributed by atoms with van der Waals surface area (Å²) in [6.07, 6.45) is 0. The number of carbonyl (C=O) groups is 1. The highest BCUT2D eigenvalue weighted by Gasteiger charge is 2.30. The molecule has 0 saturated heterocycles. The molecule has 0 unspecified atom stereocenters. The monoisotopic (exact) mass is 249 g/mol. The molecule has 2 rings (SSSR count). The van der Waals surface area contributed by atoms with Gasteiger partial charge in [-0.2, -0.15) is 0 Å². The Kier molecular flexibility index (Phi) is 6.10. The Morgan fingerprint density at radius 3 is 1.78 bits per heavy atom. The summed E-state index contributed by atoms with van der Waals surface area (Å²) in [5, 5.41) is 0. The summed E-state index contributed by atoms with van der Waals surface area (Å²) in [4.78, 5) is 14.0. The van der Waals surface area contributed by atoms with E-state index < -0.39 is 0 Å². The molecule has 1 aromatic rings. The second-order valence-corrected chi connectivity index (χ2v) is 5.18. The fraction of sp³-hybridized carbons (Fsp3) is 0.562. The van der Waals surface area contributed by atoms with E-state index in [0.29, 0.717) is 0 Å². The van der Waals surface area contributed by atoms with Crippen LogP contribution >= 0.6 is 0 Å². The highest BCUT2D eigenvalue weighted by atomic mass is 16.2. The highest BCUT2D eigenvalue weighted by Crippen LogP contribution is 2.27. The van der Waals surface area contributed by atoms with Crippen molar-refractivity contribution in [1.82, 2.24) is 4.90 Å². The number of fused-ring (bicyclic) bond motifs is 1. The first-order chi connectivity index (χ1) is 7.98. The molecule has 0 aromatic heterocycles. The predicted octanol–water partition coefficient (Wildman–Crippen LogP) is 4.24. The van der Waals surface area contributed by atoms with Crippen molar-refractivity contribution in [3.8, 4) is 0 Å². The lowest BCUT2D eigenvalue weighted by Gasteiger charge is -2.25. The first kappa shape index (κ1) is 16.7. The smallest absolute Gasteiger partial charge is 0.228 e.